The molecular weight excluding hydrogens is 152 g/mol. The molecule has 1 rings (SSSR count). The highest BCUT2D eigenvalue weighted by Gasteiger charge is 1.98. The first kappa shape index (κ1) is 9.00. The Morgan fingerprint density at radius 3 is 2.75 bits per heavy atom. The predicted octanol–water partition coefficient (Wildman–Crippen LogP) is 0.980. The number of nitrogens with zero attached hydrogens (tertiary/aromatic N) is 1. The summed E-state index contributed by atoms with van der Waals surface area (Å²) in [5.41, 5.74) is 6.78. The molecule has 1 atom stereocenters. The lowest BCUT2D eigenvalue weighted by molar-refractivity contribution is 0.397. The molecule has 1 aromatic heterocycles. The molecule has 2 N–H and O–H groups in total. The van der Waals surface area contributed by atoms with Crippen molar-refractivity contribution >= 4 is 0 Å². The van der Waals surface area contributed by atoms with Crippen molar-refractivity contribution in [2.75, 3.05) is 7.11 Å². The van der Waals surface area contributed by atoms with Crippen LogP contribution in [0.2, 0.25) is 0 Å². The van der Waals surface area contributed by atoms with E-state index in [0.717, 1.165) is 12.0 Å². The Balaban J connectivity index is 2.65. The molecule has 0 aliphatic rings. The molecular formula is C9H14N2O. The molecule has 0 radical (unpaired) electrons. The van der Waals surface area contributed by atoms with Crippen LogP contribution in [0.25, 0.3) is 0 Å². The van der Waals surface area contributed by atoms with Crippen molar-refractivity contribution in [1.29, 1.82) is 0 Å². The van der Waals surface area contributed by atoms with Gasteiger partial charge in [0.05, 0.1) is 7.11 Å². The Morgan fingerprint density at radius 2 is 2.33 bits per heavy atom. The van der Waals surface area contributed by atoms with Crippen LogP contribution in [-0.4, -0.2) is 18.1 Å². The molecule has 0 aliphatic heterocycles. The number of rotatable bonds is 3. The fourth-order valence-electron chi connectivity index (χ4n) is 1.02. The minimum atomic E-state index is 0.181. The van der Waals surface area contributed by atoms with Gasteiger partial charge in [0.1, 0.15) is 0 Å². The van der Waals surface area contributed by atoms with Gasteiger partial charge in [-0.05, 0) is 18.9 Å². The van der Waals surface area contributed by atoms with Crippen LogP contribution in [-0.2, 0) is 6.42 Å². The van der Waals surface area contributed by atoms with Gasteiger partial charge in [0.15, 0.2) is 0 Å². The first-order valence-electron chi connectivity index (χ1n) is 3.97. The van der Waals surface area contributed by atoms with Crippen molar-refractivity contribution < 1.29 is 4.74 Å². The maximum absolute atomic E-state index is 5.64. The van der Waals surface area contributed by atoms with Crippen LogP contribution in [0, 0.1) is 0 Å². The van der Waals surface area contributed by atoms with Crippen LogP contribution in [0.15, 0.2) is 18.3 Å². The lowest BCUT2D eigenvalue weighted by atomic mass is 10.1. The van der Waals surface area contributed by atoms with Crippen LogP contribution in [0.3, 0.4) is 0 Å². The Labute approximate surface area is 72.6 Å². The van der Waals surface area contributed by atoms with Crippen molar-refractivity contribution in [3.05, 3.63) is 23.9 Å². The molecule has 0 saturated heterocycles. The normalized spacial score (nSPS) is 12.6. The van der Waals surface area contributed by atoms with E-state index in [9.17, 15) is 0 Å². The Bertz CT molecular complexity index is 231. The number of ether oxygens (including phenoxy) is 1. The van der Waals surface area contributed by atoms with Crippen LogP contribution in [0.1, 0.15) is 12.5 Å². The maximum atomic E-state index is 5.64. The molecule has 0 amide bonds. The summed E-state index contributed by atoms with van der Waals surface area (Å²) >= 11 is 0. The topological polar surface area (TPSA) is 48.1 Å². The Kier molecular flexibility index (Phi) is 3.05. The fourth-order valence-corrected chi connectivity index (χ4v) is 1.02. The van der Waals surface area contributed by atoms with Gasteiger partial charge in [-0.1, -0.05) is 6.07 Å². The summed E-state index contributed by atoms with van der Waals surface area (Å²) in [6.07, 6.45) is 2.65. The van der Waals surface area contributed by atoms with E-state index in [1.54, 1.807) is 13.3 Å². The van der Waals surface area contributed by atoms with E-state index < -0.39 is 0 Å². The van der Waals surface area contributed by atoms with Gasteiger partial charge in [0, 0.05) is 18.3 Å². The van der Waals surface area contributed by atoms with Crippen LogP contribution in [0.4, 0.5) is 0 Å². The molecule has 0 bridgehead atoms. The van der Waals surface area contributed by atoms with Gasteiger partial charge in [-0.25, -0.2) is 4.98 Å². The van der Waals surface area contributed by atoms with Gasteiger partial charge in [-0.2, -0.15) is 0 Å². The molecule has 0 spiro atoms. The molecule has 1 aromatic rings. The van der Waals surface area contributed by atoms with Crippen molar-refractivity contribution in [2.45, 2.75) is 19.4 Å². The third-order valence-electron chi connectivity index (χ3n) is 1.56. The molecule has 0 fully saturated rings. The van der Waals surface area contributed by atoms with Gasteiger partial charge < -0.3 is 10.5 Å². The maximum Gasteiger partial charge on any atom is 0.212 e. The van der Waals surface area contributed by atoms with Crippen LogP contribution >= 0.6 is 0 Å². The van der Waals surface area contributed by atoms with Crippen molar-refractivity contribution in [3.63, 3.8) is 0 Å². The average Bonchev–Trinajstić information content (AvgIpc) is 2.05. The highest BCUT2D eigenvalue weighted by Crippen LogP contribution is 2.07. The third kappa shape index (κ3) is 2.51. The number of methoxy groups -OCH3 is 1. The third-order valence-corrected chi connectivity index (χ3v) is 1.56. The van der Waals surface area contributed by atoms with Gasteiger partial charge in [0.25, 0.3) is 0 Å². The van der Waals surface area contributed by atoms with E-state index >= 15 is 0 Å². The van der Waals surface area contributed by atoms with E-state index in [1.807, 2.05) is 19.1 Å². The van der Waals surface area contributed by atoms with Crippen molar-refractivity contribution in [2.24, 2.45) is 5.73 Å². The smallest absolute Gasteiger partial charge is 0.212 e. The second-order valence-corrected chi connectivity index (χ2v) is 2.89. The zero-order valence-corrected chi connectivity index (χ0v) is 7.45. The molecule has 12 heavy (non-hydrogen) atoms. The summed E-state index contributed by atoms with van der Waals surface area (Å²) in [5.74, 6) is 0.642. The van der Waals surface area contributed by atoms with E-state index in [4.69, 9.17) is 10.5 Å². The fraction of sp³-hybridized carbons (Fsp3) is 0.444. The van der Waals surface area contributed by atoms with E-state index in [2.05, 4.69) is 4.98 Å². The summed E-state index contributed by atoms with van der Waals surface area (Å²) in [4.78, 5) is 4.07. The number of hydrogen-bond acceptors (Lipinski definition) is 3. The van der Waals surface area contributed by atoms with Crippen LogP contribution in [0.5, 0.6) is 5.88 Å². The lowest BCUT2D eigenvalue weighted by Gasteiger charge is -2.04. The number of nitrogens with two attached hydrogens (primary N) is 1. The summed E-state index contributed by atoms with van der Waals surface area (Å²) in [7, 11) is 1.60. The lowest BCUT2D eigenvalue weighted by Crippen LogP contribution is -2.17. The molecule has 0 saturated carbocycles. The quantitative estimate of drug-likeness (QED) is 0.728. The average molecular weight is 166 g/mol. The molecule has 1 heterocycles. The van der Waals surface area contributed by atoms with E-state index in [1.165, 1.54) is 0 Å². The molecule has 3 nitrogen and oxygen atoms in total. The summed E-state index contributed by atoms with van der Waals surface area (Å²) in [6, 6.07) is 4.01. The largest absolute Gasteiger partial charge is 0.481 e. The number of hydrogen-bond donors (Lipinski definition) is 1. The Morgan fingerprint density at radius 1 is 1.58 bits per heavy atom. The molecule has 66 valence electrons. The summed E-state index contributed by atoms with van der Waals surface area (Å²) in [5, 5.41) is 0. The number of pyridine rings is 1. The summed E-state index contributed by atoms with van der Waals surface area (Å²) in [6.45, 7) is 1.98. The molecule has 3 heteroatoms. The molecule has 1 unspecified atom stereocenters. The predicted molar refractivity (Wildman–Crippen MR) is 48.1 cm³/mol. The highest BCUT2D eigenvalue weighted by molar-refractivity contribution is 5.18. The minimum Gasteiger partial charge on any atom is -0.481 e. The number of aromatic nitrogens is 1. The van der Waals surface area contributed by atoms with E-state index in [-0.39, 0.29) is 6.04 Å². The minimum absolute atomic E-state index is 0.181. The Hall–Kier alpha value is -1.09. The SMILES string of the molecule is COc1ccc(CC(C)N)cn1. The summed E-state index contributed by atoms with van der Waals surface area (Å²) < 4.78 is 4.93. The van der Waals surface area contributed by atoms with Gasteiger partial charge in [-0.3, -0.25) is 0 Å². The van der Waals surface area contributed by atoms with Crippen LogP contribution < -0.4 is 10.5 Å². The monoisotopic (exact) mass is 166 g/mol. The zero-order valence-electron chi connectivity index (χ0n) is 7.45. The second kappa shape index (κ2) is 4.07. The standard InChI is InChI=1S/C9H14N2O/c1-7(10)5-8-3-4-9(12-2)11-6-8/h3-4,6-7H,5,10H2,1-2H3. The van der Waals surface area contributed by atoms with Gasteiger partial charge in [-0.15, -0.1) is 0 Å². The molecule has 0 aromatic carbocycles. The van der Waals surface area contributed by atoms with E-state index in [0.29, 0.717) is 5.88 Å². The second-order valence-electron chi connectivity index (χ2n) is 2.89. The van der Waals surface area contributed by atoms with Crippen molar-refractivity contribution in [1.82, 2.24) is 4.98 Å². The zero-order chi connectivity index (χ0) is 8.97. The van der Waals surface area contributed by atoms with Gasteiger partial charge in [0.2, 0.25) is 5.88 Å². The first-order chi connectivity index (χ1) is 5.72. The first-order valence-corrected chi connectivity index (χ1v) is 3.97. The highest BCUT2D eigenvalue weighted by atomic mass is 16.5. The van der Waals surface area contributed by atoms with Crippen molar-refractivity contribution in [3.8, 4) is 5.88 Å². The van der Waals surface area contributed by atoms with Gasteiger partial charge >= 0.3 is 0 Å². The molecule has 0 aliphatic carbocycles.